The molecule has 1 amide bonds. The zero-order valence-electron chi connectivity index (χ0n) is 12.4. The number of carbonyl (C=O) groups is 1. The van der Waals surface area contributed by atoms with Gasteiger partial charge < -0.3 is 14.8 Å². The van der Waals surface area contributed by atoms with Crippen molar-refractivity contribution >= 4 is 11.6 Å². The predicted octanol–water partition coefficient (Wildman–Crippen LogP) is 2.92. The monoisotopic (exact) mass is 338 g/mol. The van der Waals surface area contributed by atoms with Crippen molar-refractivity contribution in [1.82, 2.24) is 4.98 Å². The van der Waals surface area contributed by atoms with E-state index in [1.54, 1.807) is 0 Å². The van der Waals surface area contributed by atoms with Crippen LogP contribution in [0.1, 0.15) is 16.8 Å². The van der Waals surface area contributed by atoms with Crippen LogP contribution in [0.5, 0.6) is 5.88 Å². The van der Waals surface area contributed by atoms with Crippen LogP contribution in [0.4, 0.5) is 18.9 Å². The van der Waals surface area contributed by atoms with Crippen LogP contribution in [-0.2, 0) is 4.74 Å². The highest BCUT2D eigenvalue weighted by atomic mass is 19.2. The van der Waals surface area contributed by atoms with Crippen LogP contribution in [0, 0.1) is 17.5 Å². The molecule has 1 aromatic heterocycles. The number of hydrogen-bond acceptors (Lipinski definition) is 4. The fraction of sp³-hybridized carbons (Fsp3) is 0.250. The number of nitrogens with one attached hydrogen (secondary N) is 1. The van der Waals surface area contributed by atoms with Gasteiger partial charge in [-0.2, -0.15) is 0 Å². The molecule has 1 N–H and O–H groups in total. The summed E-state index contributed by atoms with van der Waals surface area (Å²) in [5.74, 6) is -4.91. The molecule has 24 heavy (non-hydrogen) atoms. The summed E-state index contributed by atoms with van der Waals surface area (Å²) in [6.07, 6.45) is 1.94. The lowest BCUT2D eigenvalue weighted by Gasteiger charge is -2.12. The second kappa shape index (κ2) is 6.88. The molecule has 0 radical (unpaired) electrons. The Kier molecular flexibility index (Phi) is 4.66. The number of anilines is 1. The first kappa shape index (κ1) is 16.3. The van der Waals surface area contributed by atoms with Gasteiger partial charge in [-0.15, -0.1) is 0 Å². The Morgan fingerprint density at radius 3 is 2.83 bits per heavy atom. The smallest absolute Gasteiger partial charge is 0.255 e. The fourth-order valence-corrected chi connectivity index (χ4v) is 2.21. The highest BCUT2D eigenvalue weighted by Gasteiger charge is 2.19. The van der Waals surface area contributed by atoms with Gasteiger partial charge in [0.25, 0.3) is 5.91 Å². The molecule has 126 valence electrons. The largest absolute Gasteiger partial charge is 0.472 e. The van der Waals surface area contributed by atoms with E-state index in [4.69, 9.17) is 9.47 Å². The molecule has 0 spiro atoms. The molecule has 0 saturated carbocycles. The molecule has 1 unspecified atom stereocenters. The average molecular weight is 338 g/mol. The second-order valence-corrected chi connectivity index (χ2v) is 5.16. The maximum Gasteiger partial charge on any atom is 0.255 e. The van der Waals surface area contributed by atoms with Gasteiger partial charge in [-0.3, -0.25) is 4.79 Å². The Morgan fingerprint density at radius 1 is 1.25 bits per heavy atom. The highest BCUT2D eigenvalue weighted by Crippen LogP contribution is 2.21. The van der Waals surface area contributed by atoms with E-state index in [9.17, 15) is 18.0 Å². The second-order valence-electron chi connectivity index (χ2n) is 5.16. The van der Waals surface area contributed by atoms with Gasteiger partial charge in [0.15, 0.2) is 17.5 Å². The van der Waals surface area contributed by atoms with Crippen LogP contribution in [0.2, 0.25) is 0 Å². The number of nitrogens with zero attached hydrogens (tertiary/aromatic N) is 1. The van der Waals surface area contributed by atoms with E-state index < -0.39 is 29.0 Å². The molecule has 1 atom stereocenters. The van der Waals surface area contributed by atoms with Crippen LogP contribution < -0.4 is 10.1 Å². The van der Waals surface area contributed by atoms with Crippen molar-refractivity contribution in [1.29, 1.82) is 0 Å². The summed E-state index contributed by atoms with van der Waals surface area (Å²) in [5.41, 5.74) is -0.314. The van der Waals surface area contributed by atoms with Gasteiger partial charge >= 0.3 is 0 Å². The first-order valence-corrected chi connectivity index (χ1v) is 7.20. The Labute approximate surface area is 135 Å². The number of carbonyl (C=O) groups excluding carboxylic acids is 1. The Bertz CT molecular complexity index is 764. The number of rotatable bonds is 4. The number of amides is 1. The highest BCUT2D eigenvalue weighted by molar-refractivity contribution is 6.04. The van der Waals surface area contributed by atoms with E-state index in [1.807, 2.05) is 0 Å². The third kappa shape index (κ3) is 3.48. The van der Waals surface area contributed by atoms with Crippen LogP contribution in [0.15, 0.2) is 30.5 Å². The number of aromatic nitrogens is 1. The van der Waals surface area contributed by atoms with Gasteiger partial charge in [-0.25, -0.2) is 18.2 Å². The lowest BCUT2D eigenvalue weighted by atomic mass is 10.2. The van der Waals surface area contributed by atoms with Crippen LogP contribution >= 0.6 is 0 Å². The SMILES string of the molecule is O=C(Nc1ccc(F)c(F)c1F)c1ccnc(OC2CCOC2)c1. The van der Waals surface area contributed by atoms with E-state index in [2.05, 4.69) is 10.3 Å². The first-order chi connectivity index (χ1) is 11.5. The fourth-order valence-electron chi connectivity index (χ4n) is 2.21. The van der Waals surface area contributed by atoms with Crippen molar-refractivity contribution in [2.45, 2.75) is 12.5 Å². The van der Waals surface area contributed by atoms with Gasteiger partial charge in [0.1, 0.15) is 6.10 Å². The van der Waals surface area contributed by atoms with Crippen molar-refractivity contribution < 1.29 is 27.4 Å². The topological polar surface area (TPSA) is 60.5 Å². The molecule has 8 heteroatoms. The zero-order valence-corrected chi connectivity index (χ0v) is 12.4. The van der Waals surface area contributed by atoms with E-state index in [1.165, 1.54) is 18.3 Å². The third-order valence-corrected chi connectivity index (χ3v) is 3.46. The van der Waals surface area contributed by atoms with E-state index in [0.717, 1.165) is 18.6 Å². The van der Waals surface area contributed by atoms with Crippen molar-refractivity contribution in [2.24, 2.45) is 0 Å². The Morgan fingerprint density at radius 2 is 2.08 bits per heavy atom. The number of halogens is 3. The first-order valence-electron chi connectivity index (χ1n) is 7.20. The number of ether oxygens (including phenoxy) is 2. The molecule has 1 aliphatic heterocycles. The van der Waals surface area contributed by atoms with Gasteiger partial charge in [0.2, 0.25) is 5.88 Å². The Balaban J connectivity index is 1.74. The summed E-state index contributed by atoms with van der Waals surface area (Å²) in [6.45, 7) is 1.04. The van der Waals surface area contributed by atoms with Crippen LogP contribution in [0.3, 0.4) is 0 Å². The number of benzene rings is 1. The van der Waals surface area contributed by atoms with Crippen molar-refractivity contribution in [3.63, 3.8) is 0 Å². The summed E-state index contributed by atoms with van der Waals surface area (Å²) < 4.78 is 50.5. The van der Waals surface area contributed by atoms with Crippen LogP contribution in [0.25, 0.3) is 0 Å². The average Bonchev–Trinajstić information content (AvgIpc) is 3.08. The van der Waals surface area contributed by atoms with Crippen molar-refractivity contribution in [3.8, 4) is 5.88 Å². The minimum absolute atomic E-state index is 0.139. The third-order valence-electron chi connectivity index (χ3n) is 3.46. The molecule has 1 fully saturated rings. The van der Waals surface area contributed by atoms with Crippen molar-refractivity contribution in [3.05, 3.63) is 53.5 Å². The molecule has 0 bridgehead atoms. The molecule has 1 aliphatic rings. The number of hydrogen-bond donors (Lipinski definition) is 1. The summed E-state index contributed by atoms with van der Waals surface area (Å²) >= 11 is 0. The summed E-state index contributed by atoms with van der Waals surface area (Å²) in [5, 5.41) is 2.19. The Hall–Kier alpha value is -2.61. The molecular formula is C16H13F3N2O3. The van der Waals surface area contributed by atoms with E-state index in [0.29, 0.717) is 13.2 Å². The molecule has 2 aromatic rings. The molecule has 2 heterocycles. The maximum atomic E-state index is 13.6. The summed E-state index contributed by atoms with van der Waals surface area (Å²) in [4.78, 5) is 16.1. The summed E-state index contributed by atoms with van der Waals surface area (Å²) in [6, 6.07) is 4.45. The molecule has 0 aliphatic carbocycles. The summed E-state index contributed by atoms with van der Waals surface area (Å²) in [7, 11) is 0. The van der Waals surface area contributed by atoms with Crippen molar-refractivity contribution in [2.75, 3.05) is 18.5 Å². The maximum absolute atomic E-state index is 13.6. The van der Waals surface area contributed by atoms with Gasteiger partial charge in [0, 0.05) is 24.2 Å². The quantitative estimate of drug-likeness (QED) is 0.871. The van der Waals surface area contributed by atoms with Gasteiger partial charge in [0.05, 0.1) is 18.9 Å². The van der Waals surface area contributed by atoms with Gasteiger partial charge in [-0.1, -0.05) is 0 Å². The molecule has 5 nitrogen and oxygen atoms in total. The molecule has 1 saturated heterocycles. The minimum atomic E-state index is -1.65. The molecular weight excluding hydrogens is 325 g/mol. The minimum Gasteiger partial charge on any atom is -0.472 e. The number of pyridine rings is 1. The molecule has 1 aromatic carbocycles. The molecule has 3 rings (SSSR count). The van der Waals surface area contributed by atoms with E-state index in [-0.39, 0.29) is 17.5 Å². The lowest BCUT2D eigenvalue weighted by molar-refractivity contribution is 0.102. The lowest BCUT2D eigenvalue weighted by Crippen LogP contribution is -2.18. The predicted molar refractivity (Wildman–Crippen MR) is 78.4 cm³/mol. The normalized spacial score (nSPS) is 16.9. The standard InChI is InChI=1S/C16H13F3N2O3/c17-11-1-2-12(15(19)14(11)18)21-16(22)9-3-5-20-13(7-9)24-10-4-6-23-8-10/h1-3,5,7,10H,4,6,8H2,(H,21,22). The van der Waals surface area contributed by atoms with Crippen LogP contribution in [-0.4, -0.2) is 30.2 Å². The zero-order chi connectivity index (χ0) is 17.1. The van der Waals surface area contributed by atoms with E-state index >= 15 is 0 Å². The van der Waals surface area contributed by atoms with Gasteiger partial charge in [-0.05, 0) is 18.2 Å².